The average molecular weight is 526 g/mol. The molecule has 3 aromatic rings. The molecule has 0 aliphatic carbocycles. The summed E-state index contributed by atoms with van der Waals surface area (Å²) in [4.78, 5) is 27.8. The van der Waals surface area contributed by atoms with Crippen molar-refractivity contribution in [2.45, 2.75) is 46.5 Å². The Morgan fingerprint density at radius 1 is 1.08 bits per heavy atom. The van der Waals surface area contributed by atoms with Crippen LogP contribution in [0.1, 0.15) is 46.7 Å². The molecule has 0 aliphatic rings. The third-order valence-electron chi connectivity index (χ3n) is 5.74. The van der Waals surface area contributed by atoms with Crippen LogP contribution in [0.3, 0.4) is 0 Å². The summed E-state index contributed by atoms with van der Waals surface area (Å²) in [5.74, 6) is 1.30. The van der Waals surface area contributed by atoms with E-state index in [1.165, 1.54) is 4.90 Å². The Kier molecular flexibility index (Phi) is 9.21. The number of nitrogens with one attached hydrogen (secondary N) is 2. The molecule has 2 aromatic carbocycles. The largest absolute Gasteiger partial charge is 0.497 e. The zero-order valence-corrected chi connectivity index (χ0v) is 23.1. The van der Waals surface area contributed by atoms with E-state index in [0.29, 0.717) is 29.0 Å². The SMILES string of the molecule is COc1ccc(-n2nc(C(C)(C)C)cc2NC(=O)CN(CCC(C)C)C(=O)Nc2cccc(Cl)c2)cc1. The summed E-state index contributed by atoms with van der Waals surface area (Å²) in [6.45, 7) is 10.7. The van der Waals surface area contributed by atoms with E-state index in [0.717, 1.165) is 23.6 Å². The number of benzene rings is 2. The van der Waals surface area contributed by atoms with Gasteiger partial charge in [0, 0.05) is 28.7 Å². The fraction of sp³-hybridized carbons (Fsp3) is 0.393. The molecule has 198 valence electrons. The Hall–Kier alpha value is -3.52. The summed E-state index contributed by atoms with van der Waals surface area (Å²) < 4.78 is 6.96. The number of amides is 3. The Bertz CT molecular complexity index is 1220. The van der Waals surface area contributed by atoms with Gasteiger partial charge in [0.1, 0.15) is 18.1 Å². The monoisotopic (exact) mass is 525 g/mol. The molecule has 0 atom stereocenters. The number of ether oxygens (including phenoxy) is 1. The molecule has 0 bridgehead atoms. The maximum atomic E-state index is 13.2. The number of methoxy groups -OCH3 is 1. The van der Waals surface area contributed by atoms with Crippen molar-refractivity contribution in [2.75, 3.05) is 30.8 Å². The van der Waals surface area contributed by atoms with Crippen molar-refractivity contribution in [2.24, 2.45) is 5.92 Å². The molecule has 37 heavy (non-hydrogen) atoms. The van der Waals surface area contributed by atoms with E-state index in [2.05, 4.69) is 45.3 Å². The molecule has 2 N–H and O–H groups in total. The van der Waals surface area contributed by atoms with E-state index < -0.39 is 0 Å². The Balaban J connectivity index is 1.82. The van der Waals surface area contributed by atoms with Crippen LogP contribution in [0.4, 0.5) is 16.3 Å². The maximum Gasteiger partial charge on any atom is 0.322 e. The van der Waals surface area contributed by atoms with Crippen LogP contribution in [0.5, 0.6) is 5.75 Å². The topological polar surface area (TPSA) is 88.5 Å². The molecule has 3 rings (SSSR count). The number of urea groups is 1. The second kappa shape index (κ2) is 12.1. The van der Waals surface area contributed by atoms with E-state index in [1.54, 1.807) is 36.1 Å². The summed E-state index contributed by atoms with van der Waals surface area (Å²) in [7, 11) is 1.61. The number of aromatic nitrogens is 2. The molecule has 0 fully saturated rings. The van der Waals surface area contributed by atoms with Gasteiger partial charge in [-0.3, -0.25) is 4.79 Å². The molecule has 0 saturated carbocycles. The predicted octanol–water partition coefficient (Wildman–Crippen LogP) is 6.35. The fourth-order valence-corrected chi connectivity index (χ4v) is 3.74. The quantitative estimate of drug-likeness (QED) is 0.340. The summed E-state index contributed by atoms with van der Waals surface area (Å²) in [6.07, 6.45) is 0.758. The number of halogens is 1. The van der Waals surface area contributed by atoms with Gasteiger partial charge in [-0.1, -0.05) is 52.3 Å². The number of carbonyl (C=O) groups excluding carboxylic acids is 2. The highest BCUT2D eigenvalue weighted by atomic mass is 35.5. The molecule has 1 heterocycles. The lowest BCUT2D eigenvalue weighted by Crippen LogP contribution is -2.41. The normalized spacial score (nSPS) is 11.4. The van der Waals surface area contributed by atoms with E-state index in [-0.39, 0.29) is 23.9 Å². The Labute approximate surface area is 223 Å². The van der Waals surface area contributed by atoms with Gasteiger partial charge in [0.25, 0.3) is 0 Å². The Morgan fingerprint density at radius 2 is 1.78 bits per heavy atom. The van der Waals surface area contributed by atoms with Crippen LogP contribution >= 0.6 is 11.6 Å². The van der Waals surface area contributed by atoms with Crippen molar-refractivity contribution in [3.05, 3.63) is 65.3 Å². The van der Waals surface area contributed by atoms with E-state index in [1.807, 2.05) is 30.3 Å². The number of carbonyl (C=O) groups is 2. The summed E-state index contributed by atoms with van der Waals surface area (Å²) >= 11 is 6.06. The first-order chi connectivity index (χ1) is 17.5. The lowest BCUT2D eigenvalue weighted by Gasteiger charge is -2.23. The molecular formula is C28H36ClN5O3. The molecule has 3 amide bonds. The first kappa shape index (κ1) is 28.1. The number of hydrogen-bond donors (Lipinski definition) is 2. The number of anilines is 2. The van der Waals surface area contributed by atoms with Crippen LogP contribution in [-0.4, -0.2) is 46.8 Å². The van der Waals surface area contributed by atoms with Gasteiger partial charge in [0.2, 0.25) is 5.91 Å². The molecule has 0 unspecified atom stereocenters. The third-order valence-corrected chi connectivity index (χ3v) is 5.97. The smallest absolute Gasteiger partial charge is 0.322 e. The van der Waals surface area contributed by atoms with Gasteiger partial charge < -0.3 is 20.3 Å². The van der Waals surface area contributed by atoms with Gasteiger partial charge >= 0.3 is 6.03 Å². The number of nitrogens with zero attached hydrogens (tertiary/aromatic N) is 3. The summed E-state index contributed by atoms with van der Waals surface area (Å²) in [5, 5.41) is 11.1. The fourth-order valence-electron chi connectivity index (χ4n) is 3.55. The molecule has 1 aromatic heterocycles. The molecule has 0 aliphatic heterocycles. The van der Waals surface area contributed by atoms with Crippen LogP contribution in [-0.2, 0) is 10.2 Å². The lowest BCUT2D eigenvalue weighted by atomic mass is 9.92. The van der Waals surface area contributed by atoms with Crippen LogP contribution in [0, 0.1) is 5.92 Å². The molecule has 8 nitrogen and oxygen atoms in total. The van der Waals surface area contributed by atoms with Crippen LogP contribution < -0.4 is 15.4 Å². The maximum absolute atomic E-state index is 13.2. The number of rotatable bonds is 9. The molecular weight excluding hydrogens is 490 g/mol. The molecule has 0 radical (unpaired) electrons. The minimum atomic E-state index is -0.364. The average Bonchev–Trinajstić information content (AvgIpc) is 3.26. The molecule has 0 saturated heterocycles. The second-order valence-electron chi connectivity index (χ2n) is 10.4. The van der Waals surface area contributed by atoms with E-state index >= 15 is 0 Å². The highest BCUT2D eigenvalue weighted by Gasteiger charge is 2.23. The predicted molar refractivity (Wildman–Crippen MR) is 149 cm³/mol. The minimum Gasteiger partial charge on any atom is -0.497 e. The first-order valence-electron chi connectivity index (χ1n) is 12.3. The first-order valence-corrected chi connectivity index (χ1v) is 12.7. The summed E-state index contributed by atoms with van der Waals surface area (Å²) in [5.41, 5.74) is 1.95. The van der Waals surface area contributed by atoms with Crippen LogP contribution in [0.15, 0.2) is 54.6 Å². The van der Waals surface area contributed by atoms with Crippen molar-refractivity contribution < 1.29 is 14.3 Å². The van der Waals surface area contributed by atoms with Gasteiger partial charge in [-0.25, -0.2) is 9.48 Å². The lowest BCUT2D eigenvalue weighted by molar-refractivity contribution is -0.116. The zero-order chi connectivity index (χ0) is 27.2. The van der Waals surface area contributed by atoms with Crippen molar-refractivity contribution in [1.29, 1.82) is 0 Å². The van der Waals surface area contributed by atoms with Crippen molar-refractivity contribution >= 4 is 35.0 Å². The molecule has 9 heteroatoms. The van der Waals surface area contributed by atoms with E-state index in [4.69, 9.17) is 21.4 Å². The number of hydrogen-bond acceptors (Lipinski definition) is 4. The van der Waals surface area contributed by atoms with Crippen LogP contribution in [0.2, 0.25) is 5.02 Å². The summed E-state index contributed by atoms with van der Waals surface area (Å²) in [6, 6.07) is 15.9. The molecule has 0 spiro atoms. The van der Waals surface area contributed by atoms with Gasteiger partial charge in [-0.15, -0.1) is 0 Å². The van der Waals surface area contributed by atoms with Gasteiger partial charge in [0.15, 0.2) is 0 Å². The zero-order valence-electron chi connectivity index (χ0n) is 22.3. The standard InChI is InChI=1S/C28H36ClN5O3/c1-19(2)14-15-33(27(36)30-21-9-7-8-20(29)16-21)18-26(35)31-25-17-24(28(3,4)5)32-34(25)22-10-12-23(37-6)13-11-22/h7-13,16-17,19H,14-15,18H2,1-6H3,(H,30,36)(H,31,35). The second-order valence-corrected chi connectivity index (χ2v) is 10.8. The minimum absolute atomic E-state index is 0.113. The Morgan fingerprint density at radius 3 is 2.38 bits per heavy atom. The van der Waals surface area contributed by atoms with Gasteiger partial charge in [-0.2, -0.15) is 5.10 Å². The van der Waals surface area contributed by atoms with Gasteiger partial charge in [-0.05, 0) is 54.8 Å². The van der Waals surface area contributed by atoms with Crippen molar-refractivity contribution in [1.82, 2.24) is 14.7 Å². The van der Waals surface area contributed by atoms with Crippen LogP contribution in [0.25, 0.3) is 5.69 Å². The van der Waals surface area contributed by atoms with E-state index in [9.17, 15) is 9.59 Å². The highest BCUT2D eigenvalue weighted by Crippen LogP contribution is 2.27. The highest BCUT2D eigenvalue weighted by molar-refractivity contribution is 6.30. The van der Waals surface area contributed by atoms with Crippen molar-refractivity contribution in [3.8, 4) is 11.4 Å². The third kappa shape index (κ3) is 7.98. The van der Waals surface area contributed by atoms with Gasteiger partial charge in [0.05, 0.1) is 18.5 Å². The van der Waals surface area contributed by atoms with Crippen molar-refractivity contribution in [3.63, 3.8) is 0 Å².